The van der Waals surface area contributed by atoms with E-state index in [4.69, 9.17) is 18.9 Å². The highest BCUT2D eigenvalue weighted by Gasteiger charge is 2.62. The number of nitrogens with zero attached hydrogens (tertiary/aromatic N) is 1. The summed E-state index contributed by atoms with van der Waals surface area (Å²) in [6, 6.07) is -1.47. The second-order valence-corrected chi connectivity index (χ2v) is 17.4. The number of rotatable bonds is 6. The molecule has 6 aliphatic rings. The summed E-state index contributed by atoms with van der Waals surface area (Å²) in [7, 11) is 3.08. The summed E-state index contributed by atoms with van der Waals surface area (Å²) < 4.78 is 23.5. The van der Waals surface area contributed by atoms with Crippen LogP contribution in [0.1, 0.15) is 117 Å². The minimum atomic E-state index is -1.25. The van der Waals surface area contributed by atoms with E-state index in [0.29, 0.717) is 24.8 Å². The lowest BCUT2D eigenvalue weighted by atomic mass is 9.71. The van der Waals surface area contributed by atoms with Crippen LogP contribution in [-0.2, 0) is 38.1 Å². The summed E-state index contributed by atoms with van der Waals surface area (Å²) in [6.45, 7) is 5.35. The normalized spacial score (nSPS) is 37.9. The van der Waals surface area contributed by atoms with E-state index in [-0.39, 0.29) is 68.1 Å². The Morgan fingerprint density at radius 1 is 0.925 bits per heavy atom. The molecule has 0 radical (unpaired) electrons. The monoisotopic (exact) mass is 742 g/mol. The average Bonchev–Trinajstić information content (AvgIpc) is 3.66. The van der Waals surface area contributed by atoms with E-state index < -0.39 is 53.2 Å². The first-order valence-electron chi connectivity index (χ1n) is 20.1. The predicted octanol–water partition coefficient (Wildman–Crippen LogP) is 4.11. The summed E-state index contributed by atoms with van der Waals surface area (Å²) in [6.07, 6.45) is 14.0. The van der Waals surface area contributed by atoms with Gasteiger partial charge in [-0.15, -0.1) is 0 Å². The molecular formula is C40H62N4O9. The van der Waals surface area contributed by atoms with Crippen molar-refractivity contribution in [1.29, 1.82) is 0 Å². The Bertz CT molecular complexity index is 1390. The minimum Gasteiger partial charge on any atom is -0.467 e. The number of hydrogen-bond donors (Lipinski definition) is 3. The number of carbonyl (C=O) groups excluding carboxylic acids is 5. The molecule has 13 heteroatoms. The molecule has 53 heavy (non-hydrogen) atoms. The van der Waals surface area contributed by atoms with Gasteiger partial charge in [0.2, 0.25) is 11.8 Å². The Morgan fingerprint density at radius 3 is 2.42 bits per heavy atom. The molecule has 0 bridgehead atoms. The van der Waals surface area contributed by atoms with Gasteiger partial charge in [0.15, 0.2) is 0 Å². The minimum absolute atomic E-state index is 0.0482. The van der Waals surface area contributed by atoms with Crippen molar-refractivity contribution < 1.29 is 42.9 Å². The Labute approximate surface area is 314 Å². The first kappa shape index (κ1) is 39.7. The van der Waals surface area contributed by atoms with E-state index in [9.17, 15) is 24.0 Å². The number of allylic oxidation sites excluding steroid dienone is 1. The van der Waals surface area contributed by atoms with E-state index >= 15 is 0 Å². The van der Waals surface area contributed by atoms with Crippen molar-refractivity contribution in [3.05, 3.63) is 12.2 Å². The molecule has 2 saturated heterocycles. The number of ether oxygens (including phenoxy) is 4. The lowest BCUT2D eigenvalue weighted by molar-refractivity contribution is -0.148. The second-order valence-electron chi connectivity index (χ2n) is 17.4. The van der Waals surface area contributed by atoms with Crippen LogP contribution in [0, 0.1) is 17.8 Å². The third-order valence-electron chi connectivity index (χ3n) is 12.6. The number of alkyl carbamates (subject to hydrolysis) is 1. The summed E-state index contributed by atoms with van der Waals surface area (Å²) in [4.78, 5) is 69.5. The fraction of sp³-hybridized carbons (Fsp3) is 0.825. The Morgan fingerprint density at radius 2 is 1.70 bits per heavy atom. The molecule has 5 fully saturated rings. The van der Waals surface area contributed by atoms with Crippen molar-refractivity contribution in [2.45, 2.75) is 171 Å². The van der Waals surface area contributed by atoms with E-state index in [2.05, 4.69) is 16.0 Å². The van der Waals surface area contributed by atoms with Crippen molar-refractivity contribution in [3.8, 4) is 0 Å². The van der Waals surface area contributed by atoms with Crippen LogP contribution >= 0.6 is 0 Å². The number of ketones is 1. The molecule has 3 heterocycles. The Balaban J connectivity index is 1.27. The van der Waals surface area contributed by atoms with E-state index in [1.165, 1.54) is 44.1 Å². The molecule has 0 aromatic rings. The number of methoxy groups -OCH3 is 2. The number of esters is 1. The molecule has 3 amide bonds. The van der Waals surface area contributed by atoms with Gasteiger partial charge < -0.3 is 39.8 Å². The average molecular weight is 743 g/mol. The molecule has 0 aromatic heterocycles. The fourth-order valence-electron chi connectivity index (χ4n) is 9.71. The zero-order valence-corrected chi connectivity index (χ0v) is 32.4. The number of fused-ring (bicyclic) bond motifs is 3. The van der Waals surface area contributed by atoms with E-state index in [1.807, 2.05) is 12.2 Å². The van der Waals surface area contributed by atoms with Gasteiger partial charge in [0.05, 0.1) is 25.4 Å². The lowest BCUT2D eigenvalue weighted by Crippen LogP contribution is -2.60. The first-order valence-corrected chi connectivity index (χ1v) is 20.1. The highest BCUT2D eigenvalue weighted by atomic mass is 16.6. The van der Waals surface area contributed by atoms with Gasteiger partial charge in [-0.2, -0.15) is 0 Å². The lowest BCUT2D eigenvalue weighted by Gasteiger charge is -2.49. The number of hydrogen-bond acceptors (Lipinski definition) is 10. The zero-order valence-electron chi connectivity index (χ0n) is 32.4. The van der Waals surface area contributed by atoms with E-state index in [0.717, 1.165) is 25.7 Å². The van der Waals surface area contributed by atoms with Gasteiger partial charge in [-0.3, -0.25) is 14.4 Å². The quantitative estimate of drug-likeness (QED) is 0.267. The summed E-state index contributed by atoms with van der Waals surface area (Å²) in [5.74, 6) is -0.962. The Hall–Kier alpha value is -3.03. The SMILES string of the molecule is COC(=O)[C@@]12C[C@@H]1/C=C\CCC(=O)CC[C@H](NC(=O)OC(C)(C)C)C(=O)N1CC(OC3CC(C4CCCCC4)NC4CC(OC)CCC43)C[C@H]1C(=O)N2. The number of carbonyl (C=O) groups is 5. The van der Waals surface area contributed by atoms with Crippen molar-refractivity contribution in [2.24, 2.45) is 17.8 Å². The van der Waals surface area contributed by atoms with Crippen molar-refractivity contribution in [2.75, 3.05) is 20.8 Å². The van der Waals surface area contributed by atoms with Crippen LogP contribution < -0.4 is 16.0 Å². The fourth-order valence-corrected chi connectivity index (χ4v) is 9.71. The number of amides is 3. The number of nitrogens with one attached hydrogen (secondary N) is 3. The van der Waals surface area contributed by atoms with Gasteiger partial charge in [0.1, 0.15) is 29.0 Å². The molecule has 0 aromatic carbocycles. The van der Waals surface area contributed by atoms with Gasteiger partial charge in [0, 0.05) is 56.8 Å². The molecule has 3 saturated carbocycles. The Kier molecular flexibility index (Phi) is 12.5. The molecule has 3 N–H and O–H groups in total. The van der Waals surface area contributed by atoms with Gasteiger partial charge in [-0.25, -0.2) is 9.59 Å². The predicted molar refractivity (Wildman–Crippen MR) is 196 cm³/mol. The van der Waals surface area contributed by atoms with Gasteiger partial charge >= 0.3 is 12.1 Å². The van der Waals surface area contributed by atoms with Crippen molar-refractivity contribution in [3.63, 3.8) is 0 Å². The standard InChI is InChI=1S/C40H62N4O9/c1-39(2,3)53-38(49)42-30-18-15-26(45)14-10-9-13-25-22-40(25,37(48)51-5)43-35(46)33-20-28(23-44(33)36(30)47)52-34-21-31(24-11-7-6-8-12-24)41-32-19-27(50-4)16-17-29(32)34/h9,13,24-25,27-34,41H,6-8,10-12,14-23H2,1-5H3,(H,42,49)(H,43,46)/b13-9-/t25-,27?,28?,29?,30-,31?,32?,33-,34?,40+/m0/s1. The maximum Gasteiger partial charge on any atom is 0.408 e. The molecular weight excluding hydrogens is 680 g/mol. The van der Waals surface area contributed by atoms with Crippen LogP contribution in [0.5, 0.6) is 0 Å². The molecule has 10 atom stereocenters. The van der Waals surface area contributed by atoms with Crippen LogP contribution in [0.2, 0.25) is 0 Å². The molecule has 6 unspecified atom stereocenters. The smallest absolute Gasteiger partial charge is 0.408 e. The van der Waals surface area contributed by atoms with Crippen LogP contribution in [0.15, 0.2) is 12.2 Å². The third-order valence-corrected chi connectivity index (χ3v) is 12.6. The molecule has 3 aliphatic heterocycles. The first-order chi connectivity index (χ1) is 25.3. The maximum atomic E-state index is 14.6. The summed E-state index contributed by atoms with van der Waals surface area (Å²) in [5.41, 5.74) is -2.05. The summed E-state index contributed by atoms with van der Waals surface area (Å²) >= 11 is 0. The largest absolute Gasteiger partial charge is 0.467 e. The third kappa shape index (κ3) is 9.44. The maximum absolute atomic E-state index is 14.6. The van der Waals surface area contributed by atoms with Crippen LogP contribution in [0.4, 0.5) is 4.79 Å². The molecule has 6 rings (SSSR count). The molecule has 296 valence electrons. The van der Waals surface area contributed by atoms with Crippen LogP contribution in [0.25, 0.3) is 0 Å². The van der Waals surface area contributed by atoms with Crippen molar-refractivity contribution in [1.82, 2.24) is 20.9 Å². The van der Waals surface area contributed by atoms with Crippen molar-refractivity contribution >= 4 is 29.7 Å². The molecule has 0 spiro atoms. The van der Waals surface area contributed by atoms with Gasteiger partial charge in [0.25, 0.3) is 0 Å². The van der Waals surface area contributed by atoms with Crippen LogP contribution in [-0.4, -0.2) is 109 Å². The van der Waals surface area contributed by atoms with Crippen LogP contribution in [0.3, 0.4) is 0 Å². The van der Waals surface area contributed by atoms with E-state index in [1.54, 1.807) is 27.9 Å². The zero-order chi connectivity index (χ0) is 37.9. The molecule has 3 aliphatic carbocycles. The van der Waals surface area contributed by atoms with Gasteiger partial charge in [-0.1, -0.05) is 31.4 Å². The summed E-state index contributed by atoms with van der Waals surface area (Å²) in [5, 5.41) is 9.73. The topological polar surface area (TPSA) is 162 Å². The second kappa shape index (κ2) is 16.8. The number of piperidine rings is 1. The van der Waals surface area contributed by atoms with Gasteiger partial charge in [-0.05, 0) is 84.5 Å². The number of Topliss-reactive ketones (excluding diaryl/α,β-unsaturated/α-hetero) is 1. The molecule has 13 nitrogen and oxygen atoms in total. The highest BCUT2D eigenvalue weighted by Crippen LogP contribution is 2.46. The highest BCUT2D eigenvalue weighted by molar-refractivity contribution is 5.96.